The first-order valence-electron chi connectivity index (χ1n) is 15.0. The average Bonchev–Trinajstić information content (AvgIpc) is 3.40. The molecule has 2 aromatic heterocycles. The van der Waals surface area contributed by atoms with Crippen molar-refractivity contribution < 1.29 is 0 Å². The maximum atomic E-state index is 4.80. The number of rotatable bonds is 5. The monoisotopic (exact) mass is 627 g/mol. The normalized spacial score (nSPS) is 13.5. The molecule has 7 heteroatoms. The molecule has 218 valence electrons. The van der Waals surface area contributed by atoms with Crippen LogP contribution in [0.1, 0.15) is 22.3 Å². The predicted octanol–water partition coefficient (Wildman–Crippen LogP) is 9.72. The van der Waals surface area contributed by atoms with Crippen molar-refractivity contribution in [2.75, 3.05) is 4.90 Å². The zero-order valence-corrected chi connectivity index (χ0v) is 26.1. The molecule has 0 bridgehead atoms. The van der Waals surface area contributed by atoms with Gasteiger partial charge >= 0.3 is 0 Å². The van der Waals surface area contributed by atoms with E-state index >= 15 is 0 Å². The fourth-order valence-corrected chi connectivity index (χ4v) is 8.59. The van der Waals surface area contributed by atoms with E-state index in [-0.39, 0.29) is 0 Å². The summed E-state index contributed by atoms with van der Waals surface area (Å²) in [6, 6.07) is 45.4. The molecule has 0 saturated heterocycles. The van der Waals surface area contributed by atoms with Crippen LogP contribution in [-0.2, 0) is 5.41 Å². The van der Waals surface area contributed by atoms with Gasteiger partial charge in [0.25, 0.3) is 0 Å². The van der Waals surface area contributed by atoms with E-state index in [0.717, 1.165) is 60.5 Å². The molecule has 2 aliphatic rings. The molecular formula is C39H25N5S2. The Bertz CT molecular complexity index is 2090. The highest BCUT2D eigenvalue weighted by atomic mass is 32.2. The zero-order valence-electron chi connectivity index (χ0n) is 24.5. The van der Waals surface area contributed by atoms with Gasteiger partial charge in [0.05, 0.1) is 28.2 Å². The van der Waals surface area contributed by atoms with Crippen molar-refractivity contribution in [3.63, 3.8) is 0 Å². The van der Waals surface area contributed by atoms with Crippen LogP contribution in [0, 0.1) is 0 Å². The highest BCUT2D eigenvalue weighted by molar-refractivity contribution is 7.99. The smallest absolute Gasteiger partial charge is 0.116 e. The number of hydrogen-bond acceptors (Lipinski definition) is 7. The highest BCUT2D eigenvalue weighted by Crippen LogP contribution is 2.63. The van der Waals surface area contributed by atoms with Crippen molar-refractivity contribution >= 4 is 40.6 Å². The summed E-state index contributed by atoms with van der Waals surface area (Å²) in [7, 11) is 0. The number of anilines is 3. The van der Waals surface area contributed by atoms with Crippen LogP contribution in [0.25, 0.3) is 11.4 Å². The van der Waals surface area contributed by atoms with Crippen LogP contribution in [0.5, 0.6) is 0 Å². The lowest BCUT2D eigenvalue weighted by Crippen LogP contribution is -2.36. The minimum Gasteiger partial charge on any atom is -0.310 e. The van der Waals surface area contributed by atoms with Crippen LogP contribution in [0.15, 0.2) is 172 Å². The Morgan fingerprint density at radius 2 is 0.913 bits per heavy atom. The first-order chi connectivity index (χ1) is 22.8. The summed E-state index contributed by atoms with van der Waals surface area (Å²) in [6.45, 7) is 0. The summed E-state index contributed by atoms with van der Waals surface area (Å²) in [6.07, 6.45) is 7.16. The van der Waals surface area contributed by atoms with E-state index in [0.29, 0.717) is 0 Å². The molecule has 46 heavy (non-hydrogen) atoms. The Morgan fingerprint density at radius 3 is 1.39 bits per heavy atom. The quantitative estimate of drug-likeness (QED) is 0.188. The molecule has 3 heterocycles. The second kappa shape index (κ2) is 11.0. The molecule has 7 aromatic rings. The summed E-state index contributed by atoms with van der Waals surface area (Å²) >= 11 is 3.53. The largest absolute Gasteiger partial charge is 0.310 e. The van der Waals surface area contributed by atoms with Crippen LogP contribution >= 0.6 is 23.5 Å². The van der Waals surface area contributed by atoms with E-state index in [2.05, 4.69) is 142 Å². The van der Waals surface area contributed by atoms with Crippen molar-refractivity contribution in [1.82, 2.24) is 19.9 Å². The molecule has 0 saturated carbocycles. The molecule has 1 aliphatic heterocycles. The van der Waals surface area contributed by atoms with E-state index in [1.54, 1.807) is 36.2 Å². The first kappa shape index (κ1) is 27.1. The predicted molar refractivity (Wildman–Crippen MR) is 184 cm³/mol. The van der Waals surface area contributed by atoms with E-state index in [1.807, 2.05) is 12.4 Å². The molecule has 0 unspecified atom stereocenters. The third kappa shape index (κ3) is 4.20. The molecule has 5 aromatic carbocycles. The van der Waals surface area contributed by atoms with Crippen molar-refractivity contribution in [2.45, 2.75) is 25.0 Å². The molecular weight excluding hydrogens is 603 g/mol. The number of para-hydroxylation sites is 1. The highest BCUT2D eigenvalue weighted by Gasteiger charge is 2.53. The van der Waals surface area contributed by atoms with Gasteiger partial charge in [0, 0.05) is 48.8 Å². The summed E-state index contributed by atoms with van der Waals surface area (Å²) < 4.78 is 0. The molecule has 0 radical (unpaired) electrons. The van der Waals surface area contributed by atoms with Crippen molar-refractivity contribution in [2.24, 2.45) is 0 Å². The number of aromatic nitrogens is 4. The van der Waals surface area contributed by atoms with Crippen LogP contribution in [0.4, 0.5) is 17.1 Å². The SMILES string of the molecule is c1ccc(Sc2ccc3c(c2)N(c2ccccc2)c2cc(Sc4ccccc4)ccc2C32c3cncnc3-c3ncncc32)cc1. The summed E-state index contributed by atoms with van der Waals surface area (Å²) in [4.78, 5) is 25.9. The van der Waals surface area contributed by atoms with Gasteiger partial charge in [-0.05, 0) is 71.8 Å². The lowest BCUT2D eigenvalue weighted by molar-refractivity contribution is 0.737. The third-order valence-electron chi connectivity index (χ3n) is 8.66. The lowest BCUT2D eigenvalue weighted by Gasteiger charge is -2.44. The Balaban J connectivity index is 1.35. The zero-order chi connectivity index (χ0) is 30.5. The van der Waals surface area contributed by atoms with Crippen molar-refractivity contribution in [3.8, 4) is 11.4 Å². The van der Waals surface area contributed by atoms with Crippen LogP contribution in [-0.4, -0.2) is 19.9 Å². The molecule has 0 fully saturated rings. The Morgan fingerprint density at radius 1 is 0.457 bits per heavy atom. The molecule has 0 amide bonds. The van der Waals surface area contributed by atoms with Gasteiger partial charge in [-0.25, -0.2) is 19.9 Å². The van der Waals surface area contributed by atoms with Gasteiger partial charge in [-0.15, -0.1) is 0 Å². The lowest BCUT2D eigenvalue weighted by atomic mass is 9.65. The van der Waals surface area contributed by atoms with E-state index in [1.165, 1.54) is 9.79 Å². The van der Waals surface area contributed by atoms with Gasteiger partial charge in [0.1, 0.15) is 12.7 Å². The Kier molecular flexibility index (Phi) is 6.47. The van der Waals surface area contributed by atoms with Gasteiger partial charge in [-0.2, -0.15) is 0 Å². The molecule has 0 N–H and O–H groups in total. The van der Waals surface area contributed by atoms with E-state index in [9.17, 15) is 0 Å². The van der Waals surface area contributed by atoms with Crippen LogP contribution in [0.3, 0.4) is 0 Å². The maximum Gasteiger partial charge on any atom is 0.116 e. The molecule has 5 nitrogen and oxygen atoms in total. The van der Waals surface area contributed by atoms with Gasteiger partial charge in [-0.3, -0.25) is 0 Å². The van der Waals surface area contributed by atoms with E-state index in [4.69, 9.17) is 9.97 Å². The number of fused-ring (bicyclic) bond motifs is 9. The van der Waals surface area contributed by atoms with Gasteiger partial charge in [0.15, 0.2) is 0 Å². The third-order valence-corrected chi connectivity index (χ3v) is 10.7. The topological polar surface area (TPSA) is 54.8 Å². The van der Waals surface area contributed by atoms with Gasteiger partial charge in [0.2, 0.25) is 0 Å². The van der Waals surface area contributed by atoms with Crippen molar-refractivity contribution in [1.29, 1.82) is 0 Å². The second-order valence-electron chi connectivity index (χ2n) is 11.2. The summed E-state index contributed by atoms with van der Waals surface area (Å²) in [5.74, 6) is 0. The summed E-state index contributed by atoms with van der Waals surface area (Å²) in [5, 5.41) is 0. The number of benzene rings is 5. The fraction of sp³-hybridized carbons (Fsp3) is 0.0256. The maximum absolute atomic E-state index is 4.80. The second-order valence-corrected chi connectivity index (χ2v) is 13.5. The van der Waals surface area contributed by atoms with Gasteiger partial charge < -0.3 is 4.90 Å². The van der Waals surface area contributed by atoms with Crippen LogP contribution in [0.2, 0.25) is 0 Å². The van der Waals surface area contributed by atoms with Gasteiger partial charge in [-0.1, -0.05) is 90.3 Å². The molecule has 1 aliphatic carbocycles. The molecule has 9 rings (SSSR count). The Hall–Kier alpha value is -5.24. The standard InChI is InChI=1S/C39H25N5S2/c1-4-10-26(11-5-1)44-35-20-29(45-27-12-6-2-7-13-27)16-18-31(35)39(33-22-40-24-42-37(33)38-34(39)23-41-25-43-38)32-19-17-30(21-36(32)44)46-28-14-8-3-9-15-28/h1-25H. The first-order valence-corrected chi connectivity index (χ1v) is 16.7. The molecule has 0 atom stereocenters. The van der Waals surface area contributed by atoms with Crippen LogP contribution < -0.4 is 4.90 Å². The fourth-order valence-electron chi connectivity index (χ4n) is 6.84. The molecule has 1 spiro atoms. The van der Waals surface area contributed by atoms with E-state index < -0.39 is 5.41 Å². The summed E-state index contributed by atoms with van der Waals surface area (Å²) in [5.41, 5.74) is 8.64. The number of nitrogens with zero attached hydrogens (tertiary/aromatic N) is 5. The minimum atomic E-state index is -0.699. The van der Waals surface area contributed by atoms with Crippen molar-refractivity contribution in [3.05, 3.63) is 175 Å². The number of hydrogen-bond donors (Lipinski definition) is 0. The average molecular weight is 628 g/mol. The minimum absolute atomic E-state index is 0.699. The Labute approximate surface area is 275 Å².